The Morgan fingerprint density at radius 1 is 1.25 bits per heavy atom. The first kappa shape index (κ1) is 8.87. The fourth-order valence-corrected chi connectivity index (χ4v) is 0.993. The molecule has 3 heteroatoms. The van der Waals surface area contributed by atoms with E-state index in [2.05, 4.69) is 7.05 Å². The summed E-state index contributed by atoms with van der Waals surface area (Å²) in [6, 6.07) is 4.85. The van der Waals surface area contributed by atoms with Gasteiger partial charge in [0.2, 0.25) is 0 Å². The Balaban J connectivity index is 2.69. The lowest BCUT2D eigenvalue weighted by molar-refractivity contribution is -0.594. The number of quaternary nitrogens is 1. The van der Waals surface area contributed by atoms with Crippen molar-refractivity contribution >= 4 is 0 Å². The molecule has 0 unspecified atom stereocenters. The van der Waals surface area contributed by atoms with Gasteiger partial charge in [0.1, 0.15) is 0 Å². The lowest BCUT2D eigenvalue weighted by Crippen LogP contribution is -2.77. The summed E-state index contributed by atoms with van der Waals surface area (Å²) in [5.41, 5.74) is 1.00. The van der Waals surface area contributed by atoms with Gasteiger partial charge in [0.15, 0.2) is 11.5 Å². The molecule has 0 aliphatic rings. The highest BCUT2D eigenvalue weighted by Gasteiger charge is 1.99. The van der Waals surface area contributed by atoms with Crippen LogP contribution < -0.4 is 5.32 Å². The van der Waals surface area contributed by atoms with E-state index in [1.807, 2.05) is 5.32 Å². The predicted molar refractivity (Wildman–Crippen MR) is 45.6 cm³/mol. The molecule has 0 heterocycles. The van der Waals surface area contributed by atoms with Gasteiger partial charge in [-0.1, -0.05) is 6.07 Å². The Kier molecular flexibility index (Phi) is 2.94. The molecular formula is C9H13NO2. The van der Waals surface area contributed by atoms with Crippen molar-refractivity contribution in [2.24, 2.45) is 0 Å². The Labute approximate surface area is 71.7 Å². The third-order valence-electron chi connectivity index (χ3n) is 1.68. The van der Waals surface area contributed by atoms with Gasteiger partial charge < -0.3 is 15.5 Å². The molecule has 66 valence electrons. The summed E-state index contributed by atoms with van der Waals surface area (Å²) in [6.45, 7) is 0.879. The van der Waals surface area contributed by atoms with Crippen molar-refractivity contribution in [2.75, 3.05) is 6.54 Å². The molecule has 1 aromatic carbocycles. The minimum absolute atomic E-state index is 0.0587. The van der Waals surface area contributed by atoms with Crippen molar-refractivity contribution in [3.63, 3.8) is 0 Å². The third-order valence-corrected chi connectivity index (χ3v) is 1.68. The number of hydrogen-bond acceptors (Lipinski definition) is 2. The van der Waals surface area contributed by atoms with Crippen molar-refractivity contribution in [1.29, 1.82) is 0 Å². The van der Waals surface area contributed by atoms with Crippen LogP contribution in [0.2, 0.25) is 0 Å². The van der Waals surface area contributed by atoms with Crippen LogP contribution in [0, 0.1) is 7.05 Å². The van der Waals surface area contributed by atoms with Gasteiger partial charge in [-0.2, -0.15) is 7.05 Å². The Morgan fingerprint density at radius 2 is 2.00 bits per heavy atom. The molecule has 4 N–H and O–H groups in total. The molecular weight excluding hydrogens is 154 g/mol. The monoisotopic (exact) mass is 167 g/mol. The van der Waals surface area contributed by atoms with Crippen LogP contribution in [0.4, 0.5) is 0 Å². The molecule has 1 rings (SSSR count). The van der Waals surface area contributed by atoms with Crippen molar-refractivity contribution in [3.8, 4) is 11.5 Å². The summed E-state index contributed by atoms with van der Waals surface area (Å²) in [6.07, 6.45) is 0.845. The number of phenolic OH excluding ortho intramolecular Hbond substituents is 2. The van der Waals surface area contributed by atoms with Crippen molar-refractivity contribution < 1.29 is 15.5 Å². The molecule has 0 amide bonds. The number of rotatable bonds is 3. The lowest BCUT2D eigenvalue weighted by atomic mass is 10.1. The molecule has 0 fully saturated rings. The molecule has 0 aliphatic heterocycles. The summed E-state index contributed by atoms with van der Waals surface area (Å²) < 4.78 is 0. The standard InChI is InChI=1S/C9H13NO2/c1-10-5-4-7-2-3-8(11)9(12)6-7/h2-3,6,11-12H,1,4-5,10H2. The van der Waals surface area contributed by atoms with Gasteiger partial charge in [-0.05, 0) is 17.7 Å². The van der Waals surface area contributed by atoms with Gasteiger partial charge in [0, 0.05) is 6.42 Å². The number of benzene rings is 1. The van der Waals surface area contributed by atoms with Crippen molar-refractivity contribution in [2.45, 2.75) is 6.42 Å². The van der Waals surface area contributed by atoms with Crippen LogP contribution in [-0.4, -0.2) is 16.8 Å². The van der Waals surface area contributed by atoms with Gasteiger partial charge in [-0.15, -0.1) is 0 Å². The summed E-state index contributed by atoms with van der Waals surface area (Å²) >= 11 is 0. The fraction of sp³-hybridized carbons (Fsp3) is 0.222. The van der Waals surface area contributed by atoms with E-state index >= 15 is 0 Å². The summed E-state index contributed by atoms with van der Waals surface area (Å²) in [4.78, 5) is 0. The molecule has 3 nitrogen and oxygen atoms in total. The topological polar surface area (TPSA) is 57.1 Å². The molecule has 1 aromatic rings. The van der Waals surface area contributed by atoms with E-state index in [1.54, 1.807) is 12.1 Å². The van der Waals surface area contributed by atoms with Crippen LogP contribution in [-0.2, 0) is 6.42 Å². The van der Waals surface area contributed by atoms with E-state index in [4.69, 9.17) is 10.2 Å². The summed E-state index contributed by atoms with van der Waals surface area (Å²) in [7, 11) is 3.60. The molecule has 0 saturated heterocycles. The Morgan fingerprint density at radius 3 is 2.58 bits per heavy atom. The van der Waals surface area contributed by atoms with E-state index in [-0.39, 0.29) is 11.5 Å². The van der Waals surface area contributed by atoms with Crippen LogP contribution in [0.5, 0.6) is 11.5 Å². The van der Waals surface area contributed by atoms with Gasteiger partial charge in [0.05, 0.1) is 6.54 Å². The second-order valence-corrected chi connectivity index (χ2v) is 2.65. The molecule has 0 atom stereocenters. The molecule has 12 heavy (non-hydrogen) atoms. The average Bonchev–Trinajstić information content (AvgIpc) is 2.07. The smallest absolute Gasteiger partial charge is 0.157 e. The van der Waals surface area contributed by atoms with Crippen LogP contribution >= 0.6 is 0 Å². The van der Waals surface area contributed by atoms with Gasteiger partial charge in [-0.25, -0.2) is 0 Å². The number of phenols is 2. The number of aromatic hydroxyl groups is 2. The van der Waals surface area contributed by atoms with Crippen LogP contribution in [0.3, 0.4) is 0 Å². The highest BCUT2D eigenvalue weighted by Crippen LogP contribution is 2.24. The zero-order chi connectivity index (χ0) is 8.97. The average molecular weight is 167 g/mol. The normalized spacial score (nSPS) is 10.1. The molecule has 0 radical (unpaired) electrons. The van der Waals surface area contributed by atoms with E-state index in [0.717, 1.165) is 18.5 Å². The largest absolute Gasteiger partial charge is 0.504 e. The van der Waals surface area contributed by atoms with Crippen molar-refractivity contribution in [3.05, 3.63) is 30.8 Å². The van der Waals surface area contributed by atoms with Gasteiger partial charge in [-0.3, -0.25) is 0 Å². The fourth-order valence-electron chi connectivity index (χ4n) is 0.993. The lowest BCUT2D eigenvalue weighted by Gasteiger charge is -2.02. The SMILES string of the molecule is [CH2-][NH2+]CCc1ccc(O)c(O)c1. The zero-order valence-electron chi connectivity index (χ0n) is 6.83. The zero-order valence-corrected chi connectivity index (χ0v) is 6.83. The summed E-state index contributed by atoms with van der Waals surface area (Å²) in [5, 5.41) is 19.9. The molecule has 0 aromatic heterocycles. The van der Waals surface area contributed by atoms with Crippen molar-refractivity contribution in [1.82, 2.24) is 0 Å². The molecule has 0 bridgehead atoms. The Hall–Kier alpha value is -1.22. The highest BCUT2D eigenvalue weighted by molar-refractivity contribution is 5.40. The second kappa shape index (κ2) is 3.97. The van der Waals surface area contributed by atoms with E-state index in [0.29, 0.717) is 0 Å². The Bertz CT molecular complexity index is 261. The minimum Gasteiger partial charge on any atom is -0.504 e. The van der Waals surface area contributed by atoms with Crippen LogP contribution in [0.15, 0.2) is 18.2 Å². The first-order chi connectivity index (χ1) is 5.74. The first-order valence-electron chi connectivity index (χ1n) is 3.86. The second-order valence-electron chi connectivity index (χ2n) is 2.65. The quantitative estimate of drug-likeness (QED) is 0.438. The highest BCUT2D eigenvalue weighted by atomic mass is 16.3. The maximum absolute atomic E-state index is 9.12. The van der Waals surface area contributed by atoms with Crippen LogP contribution in [0.25, 0.3) is 0 Å². The minimum atomic E-state index is -0.0719. The maximum Gasteiger partial charge on any atom is 0.157 e. The number of hydrogen-bond donors (Lipinski definition) is 3. The van der Waals surface area contributed by atoms with E-state index in [1.165, 1.54) is 6.07 Å². The van der Waals surface area contributed by atoms with E-state index in [9.17, 15) is 0 Å². The summed E-state index contributed by atoms with van der Waals surface area (Å²) in [5.74, 6) is -0.131. The van der Waals surface area contributed by atoms with E-state index < -0.39 is 0 Å². The van der Waals surface area contributed by atoms with Crippen LogP contribution in [0.1, 0.15) is 5.56 Å². The van der Waals surface area contributed by atoms with Gasteiger partial charge >= 0.3 is 0 Å². The maximum atomic E-state index is 9.12. The molecule has 0 spiro atoms. The third kappa shape index (κ3) is 2.13. The van der Waals surface area contributed by atoms with Gasteiger partial charge in [0.25, 0.3) is 0 Å². The first-order valence-corrected chi connectivity index (χ1v) is 3.86. The molecule has 0 saturated carbocycles. The molecule has 0 aliphatic carbocycles. The number of nitrogens with two attached hydrogens (primary N) is 1. The predicted octanol–water partition coefficient (Wildman–Crippen LogP) is -0.00471.